The topological polar surface area (TPSA) is 132 Å². The number of anilines is 1. The van der Waals surface area contributed by atoms with Gasteiger partial charge in [-0.15, -0.1) is 0 Å². The van der Waals surface area contributed by atoms with Crippen LogP contribution in [0.4, 0.5) is 5.82 Å². The predicted molar refractivity (Wildman–Crippen MR) is 86.0 cm³/mol. The highest BCUT2D eigenvalue weighted by Gasteiger charge is 2.22. The second-order valence-electron chi connectivity index (χ2n) is 5.93. The number of carbonyl (C=O) groups is 1. The molecule has 24 heavy (non-hydrogen) atoms. The molecular formula is C16H14N4O4. The van der Waals surface area contributed by atoms with Crippen molar-refractivity contribution >= 4 is 34.0 Å². The summed E-state index contributed by atoms with van der Waals surface area (Å²) in [5.74, 6) is -0.575. The average molecular weight is 326 g/mol. The second-order valence-corrected chi connectivity index (χ2v) is 5.93. The van der Waals surface area contributed by atoms with Crippen molar-refractivity contribution in [2.24, 2.45) is 0 Å². The van der Waals surface area contributed by atoms with Crippen molar-refractivity contribution in [3.8, 4) is 0 Å². The first kappa shape index (κ1) is 14.6. The molecule has 1 aliphatic rings. The van der Waals surface area contributed by atoms with Crippen molar-refractivity contribution in [1.29, 1.82) is 0 Å². The van der Waals surface area contributed by atoms with Crippen molar-refractivity contribution < 1.29 is 14.3 Å². The quantitative estimate of drug-likeness (QED) is 0.684. The summed E-state index contributed by atoms with van der Waals surface area (Å²) in [7, 11) is 0. The summed E-state index contributed by atoms with van der Waals surface area (Å²) in [5, 5.41) is 9.19. The molecule has 3 aromatic rings. The third-order valence-corrected chi connectivity index (χ3v) is 4.41. The number of fused-ring (bicyclic) bond motifs is 2. The van der Waals surface area contributed by atoms with Gasteiger partial charge < -0.3 is 15.3 Å². The second kappa shape index (κ2) is 5.26. The zero-order chi connectivity index (χ0) is 16.8. The van der Waals surface area contributed by atoms with Crippen LogP contribution in [-0.4, -0.2) is 26.0 Å². The van der Waals surface area contributed by atoms with Gasteiger partial charge in [0.25, 0.3) is 0 Å². The van der Waals surface area contributed by atoms with Gasteiger partial charge in [-0.3, -0.25) is 4.79 Å². The van der Waals surface area contributed by atoms with E-state index in [4.69, 9.17) is 15.3 Å². The number of hydrogen-bond acceptors (Lipinski definition) is 7. The van der Waals surface area contributed by atoms with Gasteiger partial charge in [0, 0.05) is 5.92 Å². The molecule has 0 unspecified atom stereocenters. The fourth-order valence-electron chi connectivity index (χ4n) is 3.16. The largest absolute Gasteiger partial charge is 0.478 e. The van der Waals surface area contributed by atoms with Crippen LogP contribution >= 0.6 is 0 Å². The third-order valence-electron chi connectivity index (χ3n) is 4.41. The number of rotatable bonds is 2. The van der Waals surface area contributed by atoms with Crippen LogP contribution in [0.2, 0.25) is 0 Å². The number of hydrogen-bond donors (Lipinski definition) is 2. The Kier molecular flexibility index (Phi) is 3.19. The number of carboxylic acid groups (broad SMARTS) is 1. The molecule has 4 rings (SSSR count). The zero-order valence-electron chi connectivity index (χ0n) is 12.7. The van der Waals surface area contributed by atoms with Crippen LogP contribution < -0.4 is 11.2 Å². The molecule has 8 heteroatoms. The highest BCUT2D eigenvalue weighted by Crippen LogP contribution is 2.32. The molecule has 0 atom stereocenters. The Labute approximate surface area is 135 Å². The van der Waals surface area contributed by atoms with Crippen molar-refractivity contribution in [3.05, 3.63) is 33.9 Å². The number of pyridine rings is 1. The van der Waals surface area contributed by atoms with Gasteiger partial charge in [0.2, 0.25) is 11.1 Å². The van der Waals surface area contributed by atoms with Crippen molar-refractivity contribution in [2.45, 2.75) is 31.6 Å². The molecule has 0 radical (unpaired) electrons. The first-order valence-corrected chi connectivity index (χ1v) is 7.68. The van der Waals surface area contributed by atoms with E-state index >= 15 is 0 Å². The van der Waals surface area contributed by atoms with E-state index in [0.29, 0.717) is 5.82 Å². The Morgan fingerprint density at radius 2 is 2.04 bits per heavy atom. The minimum Gasteiger partial charge on any atom is -0.478 e. The number of nitrogens with two attached hydrogens (primary N) is 1. The van der Waals surface area contributed by atoms with Gasteiger partial charge in [0.15, 0.2) is 11.1 Å². The Bertz CT molecular complexity index is 1040. The lowest BCUT2D eigenvalue weighted by Gasteiger charge is -2.08. The van der Waals surface area contributed by atoms with Gasteiger partial charge in [-0.2, -0.15) is 4.98 Å². The summed E-state index contributed by atoms with van der Waals surface area (Å²) in [4.78, 5) is 36.5. The van der Waals surface area contributed by atoms with Crippen LogP contribution in [0.3, 0.4) is 0 Å². The molecule has 8 nitrogen and oxygen atoms in total. The number of carboxylic acids is 1. The fraction of sp³-hybridized carbons (Fsp3) is 0.312. The number of aromatic nitrogens is 3. The molecule has 0 amide bonds. The molecule has 3 N–H and O–H groups in total. The van der Waals surface area contributed by atoms with E-state index in [0.717, 1.165) is 25.7 Å². The molecule has 0 spiro atoms. The fourth-order valence-corrected chi connectivity index (χ4v) is 3.16. The SMILES string of the molecule is Nc1nc2oc3cnc(C4CCCC4)nc3c(=O)c2cc1C(=O)O. The van der Waals surface area contributed by atoms with Crippen LogP contribution in [0.1, 0.15) is 47.8 Å². The highest BCUT2D eigenvalue weighted by atomic mass is 16.4. The molecule has 3 aromatic heterocycles. The van der Waals surface area contributed by atoms with Crippen LogP contribution in [-0.2, 0) is 0 Å². The van der Waals surface area contributed by atoms with Crippen molar-refractivity contribution in [3.63, 3.8) is 0 Å². The highest BCUT2D eigenvalue weighted by molar-refractivity contribution is 5.97. The molecule has 122 valence electrons. The van der Waals surface area contributed by atoms with Crippen LogP contribution in [0.15, 0.2) is 21.5 Å². The number of nitrogens with zero attached hydrogens (tertiary/aromatic N) is 3. The molecule has 0 saturated heterocycles. The summed E-state index contributed by atoms with van der Waals surface area (Å²) >= 11 is 0. The molecule has 1 fully saturated rings. The maximum atomic E-state index is 12.7. The summed E-state index contributed by atoms with van der Waals surface area (Å²) in [5.41, 5.74) is 5.27. The summed E-state index contributed by atoms with van der Waals surface area (Å²) in [6.45, 7) is 0. The van der Waals surface area contributed by atoms with Crippen LogP contribution in [0, 0.1) is 0 Å². The lowest BCUT2D eigenvalue weighted by atomic mass is 10.1. The minimum atomic E-state index is -1.25. The van der Waals surface area contributed by atoms with Crippen LogP contribution in [0.25, 0.3) is 22.2 Å². The monoisotopic (exact) mass is 326 g/mol. The van der Waals surface area contributed by atoms with E-state index in [-0.39, 0.29) is 39.5 Å². The molecule has 1 saturated carbocycles. The Balaban J connectivity index is 1.99. The first-order chi connectivity index (χ1) is 11.5. The third kappa shape index (κ3) is 2.18. The lowest BCUT2D eigenvalue weighted by Crippen LogP contribution is -2.12. The van der Waals surface area contributed by atoms with E-state index in [1.807, 2.05) is 0 Å². The lowest BCUT2D eigenvalue weighted by molar-refractivity contribution is 0.0698. The standard InChI is InChI=1S/C16H14N4O4/c17-13-9(16(22)23)5-8-12(21)11-10(24-15(8)20-13)6-18-14(19-11)7-3-1-2-4-7/h5-7H,1-4H2,(H2,17,20)(H,22,23). The van der Waals surface area contributed by atoms with E-state index < -0.39 is 11.4 Å². The average Bonchev–Trinajstić information content (AvgIpc) is 3.08. The van der Waals surface area contributed by atoms with Gasteiger partial charge in [-0.1, -0.05) is 12.8 Å². The number of nitrogen functional groups attached to an aromatic ring is 1. The Morgan fingerprint density at radius 1 is 1.29 bits per heavy atom. The van der Waals surface area contributed by atoms with Crippen LogP contribution in [0.5, 0.6) is 0 Å². The van der Waals surface area contributed by atoms with Gasteiger partial charge in [0.05, 0.1) is 11.6 Å². The smallest absolute Gasteiger partial charge is 0.339 e. The molecule has 0 aliphatic heterocycles. The molecule has 0 aromatic carbocycles. The Hall–Kier alpha value is -3.03. The predicted octanol–water partition coefficient (Wildman–Crippen LogP) is 2.07. The Morgan fingerprint density at radius 3 is 2.75 bits per heavy atom. The minimum absolute atomic E-state index is 0.0211. The molecule has 1 aliphatic carbocycles. The summed E-state index contributed by atoms with van der Waals surface area (Å²) < 4.78 is 5.55. The van der Waals surface area contributed by atoms with Crippen molar-refractivity contribution in [2.75, 3.05) is 5.73 Å². The molecule has 3 heterocycles. The molecule has 0 bridgehead atoms. The van der Waals surface area contributed by atoms with Crippen molar-refractivity contribution in [1.82, 2.24) is 15.0 Å². The van der Waals surface area contributed by atoms with Gasteiger partial charge in [-0.05, 0) is 18.9 Å². The maximum absolute atomic E-state index is 12.7. The van der Waals surface area contributed by atoms with E-state index in [9.17, 15) is 9.59 Å². The van der Waals surface area contributed by atoms with Gasteiger partial charge >= 0.3 is 5.97 Å². The van der Waals surface area contributed by atoms with Gasteiger partial charge in [-0.25, -0.2) is 14.8 Å². The zero-order valence-corrected chi connectivity index (χ0v) is 12.7. The summed E-state index contributed by atoms with van der Waals surface area (Å²) in [6, 6.07) is 1.18. The van der Waals surface area contributed by atoms with E-state index in [2.05, 4.69) is 15.0 Å². The first-order valence-electron chi connectivity index (χ1n) is 7.68. The van der Waals surface area contributed by atoms with Gasteiger partial charge in [0.1, 0.15) is 17.2 Å². The maximum Gasteiger partial charge on any atom is 0.339 e. The van der Waals surface area contributed by atoms with E-state index in [1.165, 1.54) is 12.3 Å². The summed E-state index contributed by atoms with van der Waals surface area (Å²) in [6.07, 6.45) is 5.74. The number of aromatic carboxylic acids is 1. The van der Waals surface area contributed by atoms with E-state index in [1.54, 1.807) is 0 Å². The molecular weight excluding hydrogens is 312 g/mol. The normalized spacial score (nSPS) is 15.3.